The number of carbonyl (C=O) groups excluding carboxylic acids is 1. The van der Waals surface area contributed by atoms with E-state index in [0.29, 0.717) is 17.8 Å². The molecular weight excluding hydrogens is 154 g/mol. The maximum Gasteiger partial charge on any atom is 0.220 e. The molecule has 4 atom stereocenters. The molecule has 3 unspecified atom stereocenters. The molecule has 0 spiro atoms. The van der Waals surface area contributed by atoms with Crippen molar-refractivity contribution in [1.29, 1.82) is 0 Å². The highest BCUT2D eigenvalue weighted by Gasteiger charge is 2.56. The van der Waals surface area contributed by atoms with Crippen molar-refractivity contribution in [2.75, 3.05) is 0 Å². The highest BCUT2D eigenvalue weighted by molar-refractivity contribution is 5.78. The van der Waals surface area contributed by atoms with Gasteiger partial charge in [-0.3, -0.25) is 4.79 Å². The summed E-state index contributed by atoms with van der Waals surface area (Å²) in [6.45, 7) is 0. The first kappa shape index (κ1) is 8.01. The third-order valence-electron chi connectivity index (χ3n) is 3.55. The molecule has 6 N–H and O–H groups in total. The van der Waals surface area contributed by atoms with Crippen LogP contribution in [0.15, 0.2) is 0 Å². The lowest BCUT2D eigenvalue weighted by atomic mass is 9.47. The fourth-order valence-electron chi connectivity index (χ4n) is 2.64. The van der Waals surface area contributed by atoms with E-state index >= 15 is 0 Å². The Kier molecular flexibility index (Phi) is 1.63. The molecule has 12 heavy (non-hydrogen) atoms. The lowest BCUT2D eigenvalue weighted by molar-refractivity contribution is -0.147. The summed E-state index contributed by atoms with van der Waals surface area (Å²) in [5, 5.41) is 0. The third kappa shape index (κ3) is 0.881. The second kappa shape index (κ2) is 2.44. The lowest BCUT2D eigenvalue weighted by Gasteiger charge is -2.58. The van der Waals surface area contributed by atoms with Gasteiger partial charge in [-0.05, 0) is 30.6 Å². The number of carbonyl (C=O) groups is 1. The fraction of sp³-hybridized carbons (Fsp3) is 0.875. The molecule has 4 heteroatoms. The van der Waals surface area contributed by atoms with Gasteiger partial charge in [-0.1, -0.05) is 0 Å². The molecule has 2 aliphatic rings. The molecule has 2 aliphatic carbocycles. The van der Waals surface area contributed by atoms with Gasteiger partial charge in [0.05, 0.1) is 6.17 Å². The van der Waals surface area contributed by atoms with Gasteiger partial charge in [0, 0.05) is 5.92 Å². The van der Waals surface area contributed by atoms with E-state index in [0.717, 1.165) is 12.8 Å². The molecule has 0 heterocycles. The number of hydrogen-bond acceptors (Lipinski definition) is 3. The summed E-state index contributed by atoms with van der Waals surface area (Å²) in [4.78, 5) is 10.8. The summed E-state index contributed by atoms with van der Waals surface area (Å²) in [6, 6.07) is 0. The SMILES string of the molecule is NC(=O)C1C[C@H]2C(C(N)N)CC12. The summed E-state index contributed by atoms with van der Waals surface area (Å²) in [5.41, 5.74) is 16.3. The van der Waals surface area contributed by atoms with Gasteiger partial charge in [0.2, 0.25) is 5.91 Å². The molecule has 0 aromatic heterocycles. The van der Waals surface area contributed by atoms with Gasteiger partial charge < -0.3 is 17.2 Å². The minimum Gasteiger partial charge on any atom is -0.369 e. The van der Waals surface area contributed by atoms with Gasteiger partial charge in [-0.2, -0.15) is 0 Å². The Balaban J connectivity index is 1.89. The number of rotatable bonds is 2. The minimum absolute atomic E-state index is 0.116. The van der Waals surface area contributed by atoms with Gasteiger partial charge >= 0.3 is 0 Å². The zero-order chi connectivity index (χ0) is 8.88. The van der Waals surface area contributed by atoms with E-state index in [2.05, 4.69) is 0 Å². The predicted octanol–water partition coefficient (Wildman–Crippen LogP) is -1.01. The monoisotopic (exact) mass is 169 g/mol. The number of primary amides is 1. The first-order valence-electron chi connectivity index (χ1n) is 4.41. The van der Waals surface area contributed by atoms with E-state index in [4.69, 9.17) is 17.2 Å². The maximum absolute atomic E-state index is 10.8. The van der Waals surface area contributed by atoms with Gasteiger partial charge in [-0.25, -0.2) is 0 Å². The van der Waals surface area contributed by atoms with Crippen LogP contribution in [0, 0.1) is 23.7 Å². The van der Waals surface area contributed by atoms with Crippen molar-refractivity contribution in [3.63, 3.8) is 0 Å². The number of nitrogens with two attached hydrogens (primary N) is 3. The molecular formula is C8H15N3O. The molecule has 2 saturated carbocycles. The summed E-state index contributed by atoms with van der Waals surface area (Å²) in [6.07, 6.45) is 1.70. The maximum atomic E-state index is 10.8. The summed E-state index contributed by atoms with van der Waals surface area (Å²) < 4.78 is 0. The second-order valence-corrected chi connectivity index (χ2v) is 4.05. The first-order chi connectivity index (χ1) is 5.61. The van der Waals surface area contributed by atoms with Crippen molar-refractivity contribution in [3.05, 3.63) is 0 Å². The van der Waals surface area contributed by atoms with E-state index in [9.17, 15) is 4.79 Å². The van der Waals surface area contributed by atoms with Crippen LogP contribution in [0.2, 0.25) is 0 Å². The fourth-order valence-corrected chi connectivity index (χ4v) is 2.64. The van der Waals surface area contributed by atoms with E-state index in [1.807, 2.05) is 0 Å². The molecule has 0 aliphatic heterocycles. The summed E-state index contributed by atoms with van der Waals surface area (Å²) >= 11 is 0. The topological polar surface area (TPSA) is 95.1 Å². The van der Waals surface area contributed by atoms with Crippen LogP contribution in [-0.2, 0) is 4.79 Å². The molecule has 4 nitrogen and oxygen atoms in total. The van der Waals surface area contributed by atoms with Crippen LogP contribution in [0.5, 0.6) is 0 Å². The highest BCUT2D eigenvalue weighted by Crippen LogP contribution is 2.57. The molecule has 0 aromatic carbocycles. The Bertz CT molecular complexity index is 216. The number of amides is 1. The van der Waals surface area contributed by atoms with Crippen LogP contribution < -0.4 is 17.2 Å². The zero-order valence-electron chi connectivity index (χ0n) is 6.94. The van der Waals surface area contributed by atoms with E-state index in [1.54, 1.807) is 0 Å². The Morgan fingerprint density at radius 3 is 2.25 bits per heavy atom. The van der Waals surface area contributed by atoms with Crippen molar-refractivity contribution in [3.8, 4) is 0 Å². The quantitative estimate of drug-likeness (QED) is 0.462. The van der Waals surface area contributed by atoms with Crippen molar-refractivity contribution in [1.82, 2.24) is 0 Å². The minimum atomic E-state index is -0.208. The predicted molar refractivity (Wildman–Crippen MR) is 44.6 cm³/mol. The lowest BCUT2D eigenvalue weighted by Crippen LogP contribution is -2.61. The first-order valence-corrected chi connectivity index (χ1v) is 4.41. The van der Waals surface area contributed by atoms with Gasteiger partial charge in [0.1, 0.15) is 0 Å². The molecule has 0 radical (unpaired) electrons. The molecule has 0 saturated heterocycles. The van der Waals surface area contributed by atoms with E-state index in [-0.39, 0.29) is 18.0 Å². The summed E-state index contributed by atoms with van der Waals surface area (Å²) in [7, 11) is 0. The van der Waals surface area contributed by atoms with Crippen LogP contribution in [-0.4, -0.2) is 12.1 Å². The van der Waals surface area contributed by atoms with Crippen molar-refractivity contribution >= 4 is 5.91 Å². The van der Waals surface area contributed by atoms with Crippen molar-refractivity contribution < 1.29 is 4.79 Å². The number of fused-ring (bicyclic) bond motifs is 1. The van der Waals surface area contributed by atoms with Crippen molar-refractivity contribution in [2.45, 2.75) is 19.0 Å². The van der Waals surface area contributed by atoms with Crippen LogP contribution in [0.3, 0.4) is 0 Å². The Morgan fingerprint density at radius 1 is 1.25 bits per heavy atom. The van der Waals surface area contributed by atoms with E-state index < -0.39 is 0 Å². The standard InChI is InChI=1S/C8H15N3O/c9-7(10)5-1-4-3(5)2-6(4)8(11)12/h3-7H,1-2,9-10H2,(H2,11,12)/t3-,4?,5?,6?/m1/s1. The van der Waals surface area contributed by atoms with Gasteiger partial charge in [0.25, 0.3) is 0 Å². The Hall–Kier alpha value is -0.610. The Labute approximate surface area is 71.5 Å². The largest absolute Gasteiger partial charge is 0.369 e. The molecule has 0 aromatic rings. The van der Waals surface area contributed by atoms with Crippen LogP contribution in [0.25, 0.3) is 0 Å². The molecule has 2 fully saturated rings. The molecule has 0 bridgehead atoms. The van der Waals surface area contributed by atoms with E-state index in [1.165, 1.54) is 0 Å². The van der Waals surface area contributed by atoms with Crippen LogP contribution in [0.4, 0.5) is 0 Å². The zero-order valence-corrected chi connectivity index (χ0v) is 6.94. The molecule has 2 rings (SSSR count). The average Bonchev–Trinajstić information content (AvgIpc) is 1.92. The molecule has 1 amide bonds. The van der Waals surface area contributed by atoms with Crippen molar-refractivity contribution in [2.24, 2.45) is 40.9 Å². The normalized spacial score (nSPS) is 44.6. The van der Waals surface area contributed by atoms with Crippen LogP contribution in [0.1, 0.15) is 12.8 Å². The Morgan fingerprint density at radius 2 is 1.92 bits per heavy atom. The third-order valence-corrected chi connectivity index (χ3v) is 3.55. The highest BCUT2D eigenvalue weighted by atomic mass is 16.1. The van der Waals surface area contributed by atoms with Gasteiger partial charge in [-0.15, -0.1) is 0 Å². The molecule has 68 valence electrons. The van der Waals surface area contributed by atoms with Crippen LogP contribution >= 0.6 is 0 Å². The average molecular weight is 169 g/mol. The second-order valence-electron chi connectivity index (χ2n) is 4.05. The van der Waals surface area contributed by atoms with Gasteiger partial charge in [0.15, 0.2) is 0 Å². The smallest absolute Gasteiger partial charge is 0.220 e. The summed E-state index contributed by atoms with van der Waals surface area (Å²) in [5.74, 6) is 1.49. The number of hydrogen-bond donors (Lipinski definition) is 3.